The van der Waals surface area contributed by atoms with Gasteiger partial charge in [-0.05, 0) is 6.92 Å². The zero-order chi connectivity index (χ0) is 12.3. The van der Waals surface area contributed by atoms with Gasteiger partial charge in [-0.15, -0.1) is 0 Å². The molecule has 0 rings (SSSR count). The topological polar surface area (TPSA) is 52.6 Å². The second-order valence-electron chi connectivity index (χ2n) is 2.36. The van der Waals surface area contributed by atoms with Crippen LogP contribution in [-0.2, 0) is 19.1 Å². The number of carbonyl (C=O) groups is 2. The van der Waals surface area contributed by atoms with Crippen LogP contribution in [0.5, 0.6) is 0 Å². The first-order chi connectivity index (χ1) is 6.71. The highest BCUT2D eigenvalue weighted by molar-refractivity contribution is 5.89. The van der Waals surface area contributed by atoms with Gasteiger partial charge in [0, 0.05) is 0 Å². The Hall–Kier alpha value is -1.34. The fourth-order valence-corrected chi connectivity index (χ4v) is 0.606. The number of hydrogen-bond donors (Lipinski definition) is 0. The lowest BCUT2D eigenvalue weighted by molar-refractivity contribution is -0.236. The van der Waals surface area contributed by atoms with Crippen molar-refractivity contribution in [2.45, 2.75) is 18.8 Å². The molecule has 8 heteroatoms. The molecule has 0 unspecified atom stereocenters. The molecule has 0 radical (unpaired) electrons. The van der Waals surface area contributed by atoms with Crippen molar-refractivity contribution in [2.24, 2.45) is 0 Å². The lowest BCUT2D eigenvalue weighted by atomic mass is 10.2. The van der Waals surface area contributed by atoms with Gasteiger partial charge in [0.25, 0.3) is 0 Å². The third kappa shape index (κ3) is 2.37. The predicted octanol–water partition coefficient (Wildman–Crippen LogP) is 0.993. The number of hydrogen-bond acceptors (Lipinski definition) is 4. The summed E-state index contributed by atoms with van der Waals surface area (Å²) in [5, 5.41) is 0. The van der Waals surface area contributed by atoms with Crippen molar-refractivity contribution in [2.75, 3.05) is 13.7 Å². The molecular formula is C7H8F4O4. The van der Waals surface area contributed by atoms with Gasteiger partial charge in [0.15, 0.2) is 0 Å². The van der Waals surface area contributed by atoms with Gasteiger partial charge in [0.2, 0.25) is 0 Å². The Labute approximate surface area is 82.1 Å². The van der Waals surface area contributed by atoms with Crippen molar-refractivity contribution in [3.63, 3.8) is 0 Å². The predicted molar refractivity (Wildman–Crippen MR) is 38.5 cm³/mol. The maximum absolute atomic E-state index is 12.7. The van der Waals surface area contributed by atoms with Gasteiger partial charge >= 0.3 is 23.8 Å². The zero-order valence-corrected chi connectivity index (χ0v) is 7.85. The van der Waals surface area contributed by atoms with E-state index in [0.717, 1.165) is 6.92 Å². The van der Waals surface area contributed by atoms with Crippen molar-refractivity contribution in [1.82, 2.24) is 0 Å². The molecule has 0 saturated carbocycles. The van der Waals surface area contributed by atoms with Gasteiger partial charge in [-0.2, -0.15) is 17.6 Å². The lowest BCUT2D eigenvalue weighted by Crippen LogP contribution is -2.53. The summed E-state index contributed by atoms with van der Waals surface area (Å²) in [6.07, 6.45) is 0. The van der Waals surface area contributed by atoms with Crippen molar-refractivity contribution in [3.05, 3.63) is 0 Å². The molecule has 0 atom stereocenters. The van der Waals surface area contributed by atoms with Gasteiger partial charge in [0.05, 0.1) is 13.7 Å². The van der Waals surface area contributed by atoms with Crippen molar-refractivity contribution in [3.8, 4) is 0 Å². The SMILES string of the molecule is CCOC(=O)C(F)(F)C(F)(F)C(=O)OC. The smallest absolute Gasteiger partial charge is 0.415 e. The minimum absolute atomic E-state index is 0.497. The lowest BCUT2D eigenvalue weighted by Gasteiger charge is -2.21. The van der Waals surface area contributed by atoms with Crippen molar-refractivity contribution >= 4 is 11.9 Å². The number of rotatable bonds is 4. The first kappa shape index (κ1) is 13.7. The molecule has 15 heavy (non-hydrogen) atoms. The van der Waals surface area contributed by atoms with Gasteiger partial charge in [-0.3, -0.25) is 0 Å². The van der Waals surface area contributed by atoms with Crippen LogP contribution >= 0.6 is 0 Å². The second kappa shape index (κ2) is 4.45. The molecule has 0 saturated heterocycles. The standard InChI is InChI=1S/C7H8F4O4/c1-3-15-5(13)7(10,11)6(8,9)4(12)14-2/h3H2,1-2H3. The Morgan fingerprint density at radius 3 is 1.80 bits per heavy atom. The summed E-state index contributed by atoms with van der Waals surface area (Å²) in [6.45, 7) is 0.649. The highest BCUT2D eigenvalue weighted by Crippen LogP contribution is 2.36. The van der Waals surface area contributed by atoms with Gasteiger partial charge < -0.3 is 9.47 Å². The zero-order valence-electron chi connectivity index (χ0n) is 7.85. The molecule has 0 aromatic heterocycles. The molecule has 88 valence electrons. The minimum atomic E-state index is -5.24. The van der Waals surface area contributed by atoms with Gasteiger partial charge in [-0.1, -0.05) is 0 Å². The summed E-state index contributed by atoms with van der Waals surface area (Å²) in [4.78, 5) is 20.8. The fourth-order valence-electron chi connectivity index (χ4n) is 0.606. The Morgan fingerprint density at radius 2 is 1.47 bits per heavy atom. The first-order valence-electron chi connectivity index (χ1n) is 3.73. The van der Waals surface area contributed by atoms with Crippen LogP contribution in [0.2, 0.25) is 0 Å². The number of alkyl halides is 4. The Kier molecular flexibility index (Phi) is 4.06. The summed E-state index contributed by atoms with van der Waals surface area (Å²) in [5.74, 6) is -15.5. The average Bonchev–Trinajstić information content (AvgIpc) is 2.16. The van der Waals surface area contributed by atoms with E-state index in [2.05, 4.69) is 9.47 Å². The number of methoxy groups -OCH3 is 1. The Balaban J connectivity index is 4.99. The van der Waals surface area contributed by atoms with Gasteiger partial charge in [-0.25, -0.2) is 9.59 Å². The molecule has 0 bridgehead atoms. The van der Waals surface area contributed by atoms with Crippen molar-refractivity contribution < 1.29 is 36.6 Å². The largest absolute Gasteiger partial charge is 0.464 e. The number of esters is 2. The Morgan fingerprint density at radius 1 is 1.07 bits per heavy atom. The van der Waals surface area contributed by atoms with Crippen LogP contribution in [0, 0.1) is 0 Å². The van der Waals surface area contributed by atoms with E-state index in [9.17, 15) is 27.2 Å². The maximum Gasteiger partial charge on any atom is 0.415 e. The molecule has 0 amide bonds. The maximum atomic E-state index is 12.7. The van der Waals surface area contributed by atoms with E-state index in [1.54, 1.807) is 0 Å². The molecule has 0 aromatic rings. The third-order valence-electron chi connectivity index (χ3n) is 1.37. The highest BCUT2D eigenvalue weighted by atomic mass is 19.3. The minimum Gasteiger partial charge on any atom is -0.464 e. The molecule has 0 aliphatic heterocycles. The van der Waals surface area contributed by atoms with Crippen LogP contribution in [0.4, 0.5) is 17.6 Å². The number of halogens is 4. The second-order valence-corrected chi connectivity index (χ2v) is 2.36. The average molecular weight is 232 g/mol. The van der Waals surface area contributed by atoms with Gasteiger partial charge in [0.1, 0.15) is 0 Å². The molecule has 0 spiro atoms. The molecular weight excluding hydrogens is 224 g/mol. The van der Waals surface area contributed by atoms with Crippen LogP contribution in [0.25, 0.3) is 0 Å². The quantitative estimate of drug-likeness (QED) is 0.535. The van der Waals surface area contributed by atoms with E-state index >= 15 is 0 Å². The van der Waals surface area contributed by atoms with E-state index in [1.807, 2.05) is 0 Å². The van der Waals surface area contributed by atoms with E-state index in [4.69, 9.17) is 0 Å². The summed E-state index contributed by atoms with van der Waals surface area (Å²) in [5.41, 5.74) is 0. The molecule has 0 fully saturated rings. The summed E-state index contributed by atoms with van der Waals surface area (Å²) >= 11 is 0. The van der Waals surface area contributed by atoms with E-state index in [0.29, 0.717) is 7.11 Å². The summed E-state index contributed by atoms with van der Waals surface area (Å²) < 4.78 is 57.8. The molecule has 0 aliphatic carbocycles. The van der Waals surface area contributed by atoms with E-state index in [1.165, 1.54) is 0 Å². The van der Waals surface area contributed by atoms with Crippen LogP contribution in [0.3, 0.4) is 0 Å². The summed E-state index contributed by atoms with van der Waals surface area (Å²) in [7, 11) is 0.497. The fraction of sp³-hybridized carbons (Fsp3) is 0.714. The molecule has 0 heterocycles. The molecule has 0 aromatic carbocycles. The van der Waals surface area contributed by atoms with E-state index in [-0.39, 0.29) is 0 Å². The van der Waals surface area contributed by atoms with Crippen LogP contribution < -0.4 is 0 Å². The van der Waals surface area contributed by atoms with Crippen molar-refractivity contribution in [1.29, 1.82) is 0 Å². The molecule has 4 nitrogen and oxygen atoms in total. The summed E-state index contributed by atoms with van der Waals surface area (Å²) in [6, 6.07) is 0. The van der Waals surface area contributed by atoms with Crippen LogP contribution in [0.15, 0.2) is 0 Å². The Bertz CT molecular complexity index is 264. The normalized spacial score (nSPS) is 12.1. The van der Waals surface area contributed by atoms with Crippen LogP contribution in [-0.4, -0.2) is 37.5 Å². The monoisotopic (exact) mass is 232 g/mol. The third-order valence-corrected chi connectivity index (χ3v) is 1.37. The number of ether oxygens (including phenoxy) is 2. The molecule has 0 aliphatic rings. The first-order valence-corrected chi connectivity index (χ1v) is 3.73. The molecule has 0 N–H and O–H groups in total. The van der Waals surface area contributed by atoms with E-state index < -0.39 is 30.4 Å². The highest BCUT2D eigenvalue weighted by Gasteiger charge is 2.69. The number of carbonyl (C=O) groups excluding carboxylic acids is 2. The van der Waals surface area contributed by atoms with Crippen LogP contribution in [0.1, 0.15) is 6.92 Å².